The van der Waals surface area contributed by atoms with Crippen LogP contribution in [0.1, 0.15) is 30.5 Å². The summed E-state index contributed by atoms with van der Waals surface area (Å²) in [6, 6.07) is 2.93. The average Bonchev–Trinajstić information content (AvgIpc) is 2.53. The first-order valence-electron chi connectivity index (χ1n) is 7.60. The summed E-state index contributed by atoms with van der Waals surface area (Å²) < 4.78 is 2.27. The van der Waals surface area contributed by atoms with E-state index in [1.807, 2.05) is 0 Å². The fraction of sp³-hybridized carbons (Fsp3) is 0.562. The molecule has 2 aliphatic rings. The van der Waals surface area contributed by atoms with Crippen LogP contribution >= 0.6 is 11.6 Å². The van der Waals surface area contributed by atoms with Crippen molar-refractivity contribution in [2.45, 2.75) is 38.1 Å². The number of pyridine rings is 1. The van der Waals surface area contributed by atoms with Gasteiger partial charge in [-0.3, -0.25) is 4.90 Å². The van der Waals surface area contributed by atoms with Crippen molar-refractivity contribution in [1.29, 1.82) is 0 Å². The second-order valence-electron chi connectivity index (χ2n) is 6.13. The van der Waals surface area contributed by atoms with E-state index in [4.69, 9.17) is 11.6 Å². The van der Waals surface area contributed by atoms with E-state index in [0.29, 0.717) is 0 Å². The number of fused-ring (bicyclic) bond motifs is 3. The van der Waals surface area contributed by atoms with Gasteiger partial charge in [0.2, 0.25) is 0 Å². The maximum atomic E-state index is 6.14. The minimum Gasteiger partial charge on any atom is -0.332 e. The molecule has 0 amide bonds. The smallest absolute Gasteiger partial charge is 0.140 e. The molecule has 3 heterocycles. The van der Waals surface area contributed by atoms with Gasteiger partial charge < -0.3 is 4.57 Å². The van der Waals surface area contributed by atoms with Crippen LogP contribution in [-0.2, 0) is 19.9 Å². The lowest BCUT2D eigenvalue weighted by atomic mass is 9.91. The molecule has 2 aromatic heterocycles. The van der Waals surface area contributed by atoms with Gasteiger partial charge in [-0.1, -0.05) is 18.0 Å². The predicted molar refractivity (Wildman–Crippen MR) is 82.3 cm³/mol. The lowest BCUT2D eigenvalue weighted by Crippen LogP contribution is -2.41. The van der Waals surface area contributed by atoms with Crippen LogP contribution in [0.3, 0.4) is 0 Å². The normalized spacial score (nSPS) is 20.7. The molecule has 4 rings (SSSR count). The lowest BCUT2D eigenvalue weighted by molar-refractivity contribution is 0.133. The first-order valence-corrected chi connectivity index (χ1v) is 7.97. The standard InChI is InChI=1S/C16H20ClN3/c1-19-15-6-8-20(12-3-2-4-12)7-5-13(15)14-9-11(17)10-18-16(14)19/h9-10,12H,2-8H2,1H3. The van der Waals surface area contributed by atoms with Crippen LogP contribution in [-0.4, -0.2) is 33.6 Å². The van der Waals surface area contributed by atoms with Gasteiger partial charge >= 0.3 is 0 Å². The molecule has 0 bridgehead atoms. The number of halogens is 1. The van der Waals surface area contributed by atoms with E-state index >= 15 is 0 Å². The molecule has 20 heavy (non-hydrogen) atoms. The zero-order chi connectivity index (χ0) is 13.7. The van der Waals surface area contributed by atoms with Gasteiger partial charge in [0.05, 0.1) is 5.02 Å². The first-order chi connectivity index (χ1) is 9.74. The molecule has 3 nitrogen and oxygen atoms in total. The van der Waals surface area contributed by atoms with Crippen LogP contribution in [0.4, 0.5) is 0 Å². The van der Waals surface area contributed by atoms with E-state index in [-0.39, 0.29) is 0 Å². The van der Waals surface area contributed by atoms with Gasteiger partial charge in [0.15, 0.2) is 0 Å². The number of aryl methyl sites for hydroxylation is 1. The van der Waals surface area contributed by atoms with Crippen molar-refractivity contribution in [1.82, 2.24) is 14.5 Å². The molecule has 106 valence electrons. The van der Waals surface area contributed by atoms with Gasteiger partial charge in [0, 0.05) is 49.9 Å². The van der Waals surface area contributed by atoms with Crippen molar-refractivity contribution in [2.24, 2.45) is 7.05 Å². The number of rotatable bonds is 1. The zero-order valence-corrected chi connectivity index (χ0v) is 12.7. The summed E-state index contributed by atoms with van der Waals surface area (Å²) in [6.07, 6.45) is 8.22. The minimum absolute atomic E-state index is 0.742. The summed E-state index contributed by atoms with van der Waals surface area (Å²) in [5, 5.41) is 2.00. The molecule has 2 aromatic rings. The SMILES string of the molecule is Cn1c2c(c3cc(Cl)cnc31)CCN(C1CCC1)CC2. The Balaban J connectivity index is 1.73. The summed E-state index contributed by atoms with van der Waals surface area (Å²) in [6.45, 7) is 2.37. The summed E-state index contributed by atoms with van der Waals surface area (Å²) in [5.74, 6) is 0. The summed E-state index contributed by atoms with van der Waals surface area (Å²) in [7, 11) is 2.14. The maximum Gasteiger partial charge on any atom is 0.140 e. The van der Waals surface area contributed by atoms with Crippen LogP contribution in [0, 0.1) is 0 Å². The van der Waals surface area contributed by atoms with Crippen LogP contribution in [0.5, 0.6) is 0 Å². The Morgan fingerprint density at radius 1 is 1.25 bits per heavy atom. The molecule has 0 spiro atoms. The van der Waals surface area contributed by atoms with Crippen molar-refractivity contribution in [3.8, 4) is 0 Å². The highest BCUT2D eigenvalue weighted by molar-refractivity contribution is 6.31. The van der Waals surface area contributed by atoms with E-state index in [9.17, 15) is 0 Å². The third-order valence-electron chi connectivity index (χ3n) is 5.11. The molecule has 1 aliphatic heterocycles. The Morgan fingerprint density at radius 3 is 2.80 bits per heavy atom. The Bertz CT molecular complexity index is 657. The molecular weight excluding hydrogens is 270 g/mol. The van der Waals surface area contributed by atoms with Crippen molar-refractivity contribution in [3.63, 3.8) is 0 Å². The fourth-order valence-electron chi connectivity index (χ4n) is 3.74. The van der Waals surface area contributed by atoms with Gasteiger partial charge in [-0.25, -0.2) is 4.98 Å². The minimum atomic E-state index is 0.742. The quantitative estimate of drug-likeness (QED) is 0.804. The highest BCUT2D eigenvalue weighted by Crippen LogP contribution is 2.31. The Hall–Kier alpha value is -1.06. The van der Waals surface area contributed by atoms with E-state index in [1.54, 1.807) is 6.20 Å². The second kappa shape index (κ2) is 4.74. The largest absolute Gasteiger partial charge is 0.332 e. The lowest BCUT2D eigenvalue weighted by Gasteiger charge is -2.36. The Morgan fingerprint density at radius 2 is 2.05 bits per heavy atom. The topological polar surface area (TPSA) is 21.1 Å². The molecule has 0 N–H and O–H groups in total. The van der Waals surface area contributed by atoms with Crippen molar-refractivity contribution in [2.75, 3.05) is 13.1 Å². The van der Waals surface area contributed by atoms with Crippen LogP contribution in [0.2, 0.25) is 5.02 Å². The van der Waals surface area contributed by atoms with Crippen LogP contribution < -0.4 is 0 Å². The zero-order valence-electron chi connectivity index (χ0n) is 11.9. The maximum absolute atomic E-state index is 6.14. The summed E-state index contributed by atoms with van der Waals surface area (Å²) >= 11 is 6.14. The predicted octanol–water partition coefficient (Wildman–Crippen LogP) is 3.18. The highest BCUT2D eigenvalue weighted by Gasteiger charge is 2.28. The number of nitrogens with zero attached hydrogens (tertiary/aromatic N) is 3. The van der Waals surface area contributed by atoms with Gasteiger partial charge in [-0.2, -0.15) is 0 Å². The van der Waals surface area contributed by atoms with E-state index in [1.165, 1.54) is 49.0 Å². The fourth-order valence-corrected chi connectivity index (χ4v) is 3.90. The van der Waals surface area contributed by atoms with Crippen LogP contribution in [0.15, 0.2) is 12.3 Å². The van der Waals surface area contributed by atoms with E-state index < -0.39 is 0 Å². The summed E-state index contributed by atoms with van der Waals surface area (Å²) in [4.78, 5) is 7.20. The average molecular weight is 290 g/mol. The molecule has 0 radical (unpaired) electrons. The third kappa shape index (κ3) is 1.87. The van der Waals surface area contributed by atoms with Gasteiger partial charge in [0.25, 0.3) is 0 Å². The monoisotopic (exact) mass is 289 g/mol. The molecule has 4 heteroatoms. The molecule has 0 unspecified atom stereocenters. The molecule has 0 atom stereocenters. The molecule has 0 saturated heterocycles. The first kappa shape index (κ1) is 12.7. The molecule has 1 aliphatic carbocycles. The second-order valence-corrected chi connectivity index (χ2v) is 6.57. The molecular formula is C16H20ClN3. The molecule has 1 fully saturated rings. The van der Waals surface area contributed by atoms with Crippen molar-refractivity contribution in [3.05, 3.63) is 28.5 Å². The number of hydrogen-bond acceptors (Lipinski definition) is 2. The third-order valence-corrected chi connectivity index (χ3v) is 5.31. The Kier molecular flexibility index (Phi) is 3.00. The van der Waals surface area contributed by atoms with Crippen LogP contribution in [0.25, 0.3) is 11.0 Å². The number of aromatic nitrogens is 2. The molecule has 0 aromatic carbocycles. The van der Waals surface area contributed by atoms with E-state index in [2.05, 4.69) is 27.6 Å². The molecule has 1 saturated carbocycles. The van der Waals surface area contributed by atoms with E-state index in [0.717, 1.165) is 29.6 Å². The van der Waals surface area contributed by atoms with Crippen molar-refractivity contribution < 1.29 is 0 Å². The van der Waals surface area contributed by atoms with Gasteiger partial charge in [-0.05, 0) is 30.9 Å². The highest BCUT2D eigenvalue weighted by atomic mass is 35.5. The van der Waals surface area contributed by atoms with Gasteiger partial charge in [-0.15, -0.1) is 0 Å². The van der Waals surface area contributed by atoms with Gasteiger partial charge in [0.1, 0.15) is 5.65 Å². The summed E-state index contributed by atoms with van der Waals surface area (Å²) in [5.41, 5.74) is 4.01. The van der Waals surface area contributed by atoms with Crippen molar-refractivity contribution >= 4 is 22.6 Å². The number of hydrogen-bond donors (Lipinski definition) is 0. The Labute approximate surface area is 124 Å².